The molecular weight excluding hydrogens is 514 g/mol. The normalized spacial score (nSPS) is 41.2. The molecule has 0 spiro atoms. The molecule has 4 saturated carbocycles. The van der Waals surface area contributed by atoms with Crippen molar-refractivity contribution in [1.82, 2.24) is 0 Å². The fourth-order valence-electron chi connectivity index (χ4n) is 9.74. The Hall–Kier alpha value is -1.75. The highest BCUT2D eigenvalue weighted by Gasteiger charge is 2.67. The molecule has 4 rings (SSSR count). The van der Waals surface area contributed by atoms with Gasteiger partial charge < -0.3 is 36.5 Å². The van der Waals surface area contributed by atoms with Crippen LogP contribution >= 0.6 is 0 Å². The summed E-state index contributed by atoms with van der Waals surface area (Å²) >= 11 is 0. The molecule has 11 atom stereocenters. The predicted molar refractivity (Wildman–Crippen MR) is 148 cm³/mol. The van der Waals surface area contributed by atoms with E-state index in [1.54, 1.807) is 0 Å². The molecule has 0 aromatic heterocycles. The standard InChI is InChI=1S/C30H51N3O7/c1-17(5-4-10-34)20-6-7-21-28-22(13-24(30(20,21)3)40-27(37)16-33)29(2)9-8-19(38-25(35)14-31)11-18(29)12-23(28)39-26(36)15-32/h17-24,28,34H,4-16,31-33H2,1-3H3/t17-,18?,19-,20-,21+,22+,23-,24+,28?,29+,30-/m1/s1. The number of hydrogen-bond acceptors (Lipinski definition) is 10. The molecule has 228 valence electrons. The first-order valence-electron chi connectivity index (χ1n) is 15.3. The Bertz CT molecular complexity index is 933. The number of rotatable bonds is 10. The van der Waals surface area contributed by atoms with Crippen molar-refractivity contribution in [2.24, 2.45) is 63.5 Å². The Balaban J connectivity index is 1.72. The van der Waals surface area contributed by atoms with Gasteiger partial charge >= 0.3 is 17.9 Å². The maximum absolute atomic E-state index is 12.7. The van der Waals surface area contributed by atoms with Crippen LogP contribution in [-0.2, 0) is 28.6 Å². The molecule has 0 amide bonds. The SMILES string of the molecule is C[C@H](CCCO)[C@H]1CC[C@H]2C3[C@H](OC(=O)CN)CC4C[C@H](OC(=O)CN)CC[C@]4(C)[C@H]3C[C@H](OC(=O)CN)[C@]12C. The maximum Gasteiger partial charge on any atom is 0.319 e. The fourth-order valence-corrected chi connectivity index (χ4v) is 9.74. The van der Waals surface area contributed by atoms with Gasteiger partial charge in [-0.2, -0.15) is 0 Å². The van der Waals surface area contributed by atoms with Crippen LogP contribution in [0.25, 0.3) is 0 Å². The minimum atomic E-state index is -0.404. The number of ether oxygens (including phenoxy) is 3. The Morgan fingerprint density at radius 3 is 2.17 bits per heavy atom. The second kappa shape index (κ2) is 12.6. The van der Waals surface area contributed by atoms with E-state index in [-0.39, 0.29) is 79.1 Å². The van der Waals surface area contributed by atoms with Gasteiger partial charge in [-0.15, -0.1) is 0 Å². The van der Waals surface area contributed by atoms with E-state index in [1.165, 1.54) is 0 Å². The average molecular weight is 566 g/mol. The van der Waals surface area contributed by atoms with Crippen molar-refractivity contribution >= 4 is 17.9 Å². The van der Waals surface area contributed by atoms with Crippen LogP contribution < -0.4 is 17.2 Å². The summed E-state index contributed by atoms with van der Waals surface area (Å²) in [5.74, 6) is 0.111. The fraction of sp³-hybridized carbons (Fsp3) is 0.900. The number of fused-ring (bicyclic) bond motifs is 5. The lowest BCUT2D eigenvalue weighted by atomic mass is 9.43. The van der Waals surface area contributed by atoms with Crippen LogP contribution in [0, 0.1) is 46.3 Å². The molecule has 10 heteroatoms. The van der Waals surface area contributed by atoms with E-state index in [1.807, 2.05) is 0 Å². The van der Waals surface area contributed by atoms with Crippen LogP contribution in [0.2, 0.25) is 0 Å². The van der Waals surface area contributed by atoms with Crippen molar-refractivity contribution in [3.05, 3.63) is 0 Å². The van der Waals surface area contributed by atoms with Gasteiger partial charge in [-0.05, 0) is 92.8 Å². The van der Waals surface area contributed by atoms with Gasteiger partial charge in [0.1, 0.15) is 18.3 Å². The Morgan fingerprint density at radius 1 is 0.875 bits per heavy atom. The lowest BCUT2D eigenvalue weighted by Crippen LogP contribution is -2.63. The molecule has 0 radical (unpaired) electrons. The highest BCUT2D eigenvalue weighted by molar-refractivity contribution is 5.72. The molecule has 0 aliphatic heterocycles. The first-order chi connectivity index (χ1) is 19.0. The van der Waals surface area contributed by atoms with Crippen molar-refractivity contribution < 1.29 is 33.7 Å². The number of aliphatic hydroxyl groups is 1. The molecule has 0 bridgehead atoms. The quantitative estimate of drug-likeness (QED) is 0.226. The third-order valence-electron chi connectivity index (χ3n) is 11.6. The maximum atomic E-state index is 12.7. The van der Waals surface area contributed by atoms with Gasteiger partial charge in [0.15, 0.2) is 0 Å². The van der Waals surface area contributed by atoms with Crippen molar-refractivity contribution in [2.45, 2.75) is 96.9 Å². The van der Waals surface area contributed by atoms with Crippen LogP contribution in [-0.4, -0.2) is 67.6 Å². The van der Waals surface area contributed by atoms with E-state index in [0.29, 0.717) is 31.1 Å². The second-order valence-electron chi connectivity index (χ2n) is 13.4. The molecule has 4 aliphatic rings. The summed E-state index contributed by atoms with van der Waals surface area (Å²) in [6, 6.07) is 0. The summed E-state index contributed by atoms with van der Waals surface area (Å²) in [6.07, 6.45) is 6.51. The lowest BCUT2D eigenvalue weighted by Gasteiger charge is -2.64. The van der Waals surface area contributed by atoms with Gasteiger partial charge in [-0.3, -0.25) is 14.4 Å². The molecule has 4 aliphatic carbocycles. The topological polar surface area (TPSA) is 177 Å². The zero-order valence-corrected chi connectivity index (χ0v) is 24.5. The number of aliphatic hydroxyl groups excluding tert-OH is 1. The van der Waals surface area contributed by atoms with E-state index < -0.39 is 17.9 Å². The number of carbonyl (C=O) groups excluding carboxylic acids is 3. The minimum Gasteiger partial charge on any atom is -0.461 e. The summed E-state index contributed by atoms with van der Waals surface area (Å²) in [5.41, 5.74) is 16.6. The smallest absolute Gasteiger partial charge is 0.319 e. The van der Waals surface area contributed by atoms with Crippen LogP contribution in [0.15, 0.2) is 0 Å². The molecule has 0 saturated heterocycles. The Labute approximate surface area is 238 Å². The first kappa shape index (κ1) is 31.2. The summed E-state index contributed by atoms with van der Waals surface area (Å²) in [7, 11) is 0. The van der Waals surface area contributed by atoms with Crippen molar-refractivity contribution in [3.8, 4) is 0 Å². The van der Waals surface area contributed by atoms with Gasteiger partial charge in [0.25, 0.3) is 0 Å². The van der Waals surface area contributed by atoms with Crippen molar-refractivity contribution in [2.75, 3.05) is 26.2 Å². The number of hydrogen-bond donors (Lipinski definition) is 4. The van der Waals surface area contributed by atoms with Gasteiger partial charge in [0, 0.05) is 17.9 Å². The molecule has 2 unspecified atom stereocenters. The summed E-state index contributed by atoms with van der Waals surface area (Å²) in [5, 5.41) is 9.50. The van der Waals surface area contributed by atoms with Gasteiger partial charge in [-0.25, -0.2) is 0 Å². The minimum absolute atomic E-state index is 0.0861. The van der Waals surface area contributed by atoms with Crippen LogP contribution in [0.5, 0.6) is 0 Å². The zero-order chi connectivity index (χ0) is 29.2. The predicted octanol–water partition coefficient (Wildman–Crippen LogP) is 1.89. The summed E-state index contributed by atoms with van der Waals surface area (Å²) < 4.78 is 18.0. The van der Waals surface area contributed by atoms with E-state index in [9.17, 15) is 19.5 Å². The Morgan fingerprint density at radius 2 is 1.52 bits per heavy atom. The van der Waals surface area contributed by atoms with Gasteiger partial charge in [-0.1, -0.05) is 20.8 Å². The largest absolute Gasteiger partial charge is 0.461 e. The van der Waals surface area contributed by atoms with E-state index in [4.69, 9.17) is 31.4 Å². The average Bonchev–Trinajstić information content (AvgIpc) is 3.30. The Kier molecular flexibility index (Phi) is 9.85. The molecule has 40 heavy (non-hydrogen) atoms. The number of nitrogens with two attached hydrogens (primary N) is 3. The summed E-state index contributed by atoms with van der Waals surface area (Å²) in [4.78, 5) is 37.3. The zero-order valence-electron chi connectivity index (χ0n) is 24.5. The number of carbonyl (C=O) groups is 3. The van der Waals surface area contributed by atoms with E-state index >= 15 is 0 Å². The van der Waals surface area contributed by atoms with Gasteiger partial charge in [0.05, 0.1) is 19.6 Å². The first-order valence-corrected chi connectivity index (χ1v) is 15.3. The van der Waals surface area contributed by atoms with Crippen LogP contribution in [0.4, 0.5) is 0 Å². The third kappa shape index (κ3) is 5.65. The molecule has 7 N–H and O–H groups in total. The molecular formula is C30H51N3O7. The molecule has 4 fully saturated rings. The van der Waals surface area contributed by atoms with Crippen molar-refractivity contribution in [3.63, 3.8) is 0 Å². The summed E-state index contributed by atoms with van der Waals surface area (Å²) in [6.45, 7) is 6.52. The molecule has 0 aromatic rings. The molecule has 10 nitrogen and oxygen atoms in total. The van der Waals surface area contributed by atoms with Crippen LogP contribution in [0.1, 0.15) is 78.6 Å². The highest BCUT2D eigenvalue weighted by atomic mass is 16.6. The molecule has 0 aromatic carbocycles. The molecule has 0 heterocycles. The van der Waals surface area contributed by atoms with E-state index in [2.05, 4.69) is 20.8 Å². The van der Waals surface area contributed by atoms with Gasteiger partial charge in [0.2, 0.25) is 0 Å². The lowest BCUT2D eigenvalue weighted by molar-refractivity contribution is -0.225. The number of esters is 3. The highest BCUT2D eigenvalue weighted by Crippen LogP contribution is 2.69. The van der Waals surface area contributed by atoms with Crippen molar-refractivity contribution in [1.29, 1.82) is 0 Å². The van der Waals surface area contributed by atoms with Crippen LogP contribution in [0.3, 0.4) is 0 Å². The third-order valence-corrected chi connectivity index (χ3v) is 11.6. The van der Waals surface area contributed by atoms with E-state index in [0.717, 1.165) is 38.5 Å². The monoisotopic (exact) mass is 565 g/mol. The second-order valence-corrected chi connectivity index (χ2v) is 13.4.